The first-order chi connectivity index (χ1) is 8.69. The van der Waals surface area contributed by atoms with Crippen LogP contribution in [0.1, 0.15) is 38.7 Å². The average molecular weight is 251 g/mol. The fourth-order valence-electron chi connectivity index (χ4n) is 2.24. The van der Waals surface area contributed by atoms with E-state index in [0.29, 0.717) is 17.8 Å². The number of nitrogens with two attached hydrogens (primary N) is 1. The lowest BCUT2D eigenvalue weighted by atomic mass is 9.94. The zero-order valence-corrected chi connectivity index (χ0v) is 11.6. The number of hydrogen-bond acceptors (Lipinski definition) is 4. The third-order valence-electron chi connectivity index (χ3n) is 3.19. The van der Waals surface area contributed by atoms with Crippen LogP contribution in [0.5, 0.6) is 5.88 Å². The molecule has 4 heteroatoms. The second-order valence-electron chi connectivity index (χ2n) is 4.91. The average Bonchev–Trinajstić information content (AvgIpc) is 2.39. The Labute approximate surface area is 110 Å². The molecule has 0 aliphatic carbocycles. The molecule has 0 fully saturated rings. The number of nitrogens with one attached hydrogen (secondary N) is 1. The van der Waals surface area contributed by atoms with E-state index in [4.69, 9.17) is 10.6 Å². The van der Waals surface area contributed by atoms with Crippen molar-refractivity contribution < 1.29 is 4.74 Å². The van der Waals surface area contributed by atoms with Crippen molar-refractivity contribution in [1.29, 1.82) is 0 Å². The monoisotopic (exact) mass is 251 g/mol. The van der Waals surface area contributed by atoms with Crippen LogP contribution in [0, 0.1) is 5.92 Å². The van der Waals surface area contributed by atoms with Crippen LogP contribution in [0.4, 0.5) is 0 Å². The van der Waals surface area contributed by atoms with Gasteiger partial charge in [0.1, 0.15) is 0 Å². The Kier molecular flexibility index (Phi) is 6.68. The second-order valence-corrected chi connectivity index (χ2v) is 4.91. The topological polar surface area (TPSA) is 60.2 Å². The molecule has 0 saturated carbocycles. The molecule has 2 unspecified atom stereocenters. The van der Waals surface area contributed by atoms with Crippen LogP contribution in [-0.4, -0.2) is 18.1 Å². The maximum absolute atomic E-state index is 5.63. The number of aromatic nitrogens is 1. The van der Waals surface area contributed by atoms with E-state index in [0.717, 1.165) is 12.8 Å². The maximum atomic E-state index is 5.63. The van der Waals surface area contributed by atoms with Crippen LogP contribution in [0.25, 0.3) is 0 Å². The Balaban J connectivity index is 2.50. The number of hydrogen-bond donors (Lipinski definition) is 2. The van der Waals surface area contributed by atoms with Gasteiger partial charge in [0.2, 0.25) is 5.88 Å². The summed E-state index contributed by atoms with van der Waals surface area (Å²) in [5, 5.41) is 0. The van der Waals surface area contributed by atoms with Crippen molar-refractivity contribution in [2.45, 2.75) is 45.6 Å². The quantitative estimate of drug-likeness (QED) is 0.550. The van der Waals surface area contributed by atoms with Crippen LogP contribution in [0.15, 0.2) is 18.3 Å². The molecule has 1 aromatic heterocycles. The smallest absolute Gasteiger partial charge is 0.212 e. The lowest BCUT2D eigenvalue weighted by Gasteiger charge is -2.20. The number of pyridine rings is 1. The van der Waals surface area contributed by atoms with Crippen LogP contribution < -0.4 is 16.0 Å². The molecule has 0 saturated heterocycles. The van der Waals surface area contributed by atoms with Crippen molar-refractivity contribution in [3.8, 4) is 5.88 Å². The van der Waals surface area contributed by atoms with Crippen molar-refractivity contribution in [2.75, 3.05) is 7.11 Å². The van der Waals surface area contributed by atoms with Crippen molar-refractivity contribution in [2.24, 2.45) is 11.8 Å². The van der Waals surface area contributed by atoms with E-state index in [1.807, 2.05) is 18.3 Å². The van der Waals surface area contributed by atoms with Crippen LogP contribution >= 0.6 is 0 Å². The van der Waals surface area contributed by atoms with Gasteiger partial charge in [-0.1, -0.05) is 32.8 Å². The molecule has 0 radical (unpaired) electrons. The molecule has 2 atom stereocenters. The number of methoxy groups -OCH3 is 1. The van der Waals surface area contributed by atoms with Crippen molar-refractivity contribution in [3.63, 3.8) is 0 Å². The van der Waals surface area contributed by atoms with Gasteiger partial charge in [-0.25, -0.2) is 4.98 Å². The molecular weight excluding hydrogens is 226 g/mol. The minimum Gasteiger partial charge on any atom is -0.481 e. The zero-order chi connectivity index (χ0) is 13.4. The predicted octanol–water partition coefficient (Wildman–Crippen LogP) is 2.29. The Hall–Kier alpha value is -1.13. The van der Waals surface area contributed by atoms with E-state index in [-0.39, 0.29) is 0 Å². The normalized spacial score (nSPS) is 14.2. The third kappa shape index (κ3) is 5.02. The summed E-state index contributed by atoms with van der Waals surface area (Å²) in [6.45, 7) is 4.49. The molecule has 0 spiro atoms. The van der Waals surface area contributed by atoms with Gasteiger partial charge in [-0.2, -0.15) is 0 Å². The summed E-state index contributed by atoms with van der Waals surface area (Å²) in [5.74, 6) is 6.97. The fraction of sp³-hybridized carbons (Fsp3) is 0.643. The highest BCUT2D eigenvalue weighted by molar-refractivity contribution is 5.18. The summed E-state index contributed by atoms with van der Waals surface area (Å²) in [6, 6.07) is 4.24. The fourth-order valence-corrected chi connectivity index (χ4v) is 2.24. The van der Waals surface area contributed by atoms with Crippen LogP contribution in [-0.2, 0) is 6.42 Å². The standard InChI is InChI=1S/C14H25N3O/c1-4-5-11(2)8-13(17-15)9-12-6-7-14(18-3)16-10-12/h6-7,10-11,13,17H,4-5,8-9,15H2,1-3H3. The van der Waals surface area contributed by atoms with Gasteiger partial charge in [-0.15, -0.1) is 0 Å². The molecule has 4 nitrogen and oxygen atoms in total. The number of nitrogens with zero attached hydrogens (tertiary/aromatic N) is 1. The van der Waals surface area contributed by atoms with Gasteiger partial charge in [0, 0.05) is 18.3 Å². The SMILES string of the molecule is CCCC(C)CC(Cc1ccc(OC)nc1)NN. The highest BCUT2D eigenvalue weighted by Crippen LogP contribution is 2.16. The minimum absolute atomic E-state index is 0.307. The first-order valence-electron chi connectivity index (χ1n) is 6.64. The molecule has 0 bridgehead atoms. The number of hydrazine groups is 1. The lowest BCUT2D eigenvalue weighted by Crippen LogP contribution is -2.38. The second kappa shape index (κ2) is 8.06. The van der Waals surface area contributed by atoms with Crippen molar-refractivity contribution in [3.05, 3.63) is 23.9 Å². The summed E-state index contributed by atoms with van der Waals surface area (Å²) in [6.07, 6.45) is 6.33. The Morgan fingerprint density at radius 2 is 2.22 bits per heavy atom. The van der Waals surface area contributed by atoms with Crippen LogP contribution in [0.3, 0.4) is 0 Å². The summed E-state index contributed by atoms with van der Waals surface area (Å²) in [4.78, 5) is 4.21. The molecule has 102 valence electrons. The van der Waals surface area contributed by atoms with Crippen molar-refractivity contribution >= 4 is 0 Å². The Morgan fingerprint density at radius 3 is 2.72 bits per heavy atom. The summed E-state index contributed by atoms with van der Waals surface area (Å²) in [7, 11) is 1.62. The van der Waals surface area contributed by atoms with Crippen molar-refractivity contribution in [1.82, 2.24) is 10.4 Å². The first-order valence-corrected chi connectivity index (χ1v) is 6.64. The van der Waals surface area contributed by atoms with Gasteiger partial charge in [0.05, 0.1) is 7.11 Å². The zero-order valence-electron chi connectivity index (χ0n) is 11.6. The van der Waals surface area contributed by atoms with Gasteiger partial charge in [0.25, 0.3) is 0 Å². The Morgan fingerprint density at radius 1 is 1.44 bits per heavy atom. The molecule has 1 heterocycles. The summed E-state index contributed by atoms with van der Waals surface area (Å²) < 4.78 is 5.05. The summed E-state index contributed by atoms with van der Waals surface area (Å²) in [5.41, 5.74) is 4.09. The molecule has 0 aromatic carbocycles. The van der Waals surface area contributed by atoms with E-state index in [9.17, 15) is 0 Å². The number of rotatable bonds is 8. The van der Waals surface area contributed by atoms with Gasteiger partial charge < -0.3 is 4.74 Å². The predicted molar refractivity (Wildman–Crippen MR) is 74.3 cm³/mol. The largest absolute Gasteiger partial charge is 0.481 e. The van der Waals surface area contributed by atoms with Gasteiger partial charge >= 0.3 is 0 Å². The van der Waals surface area contributed by atoms with Gasteiger partial charge in [-0.05, 0) is 24.3 Å². The molecule has 1 aromatic rings. The molecule has 0 aliphatic rings. The van der Waals surface area contributed by atoms with Gasteiger partial charge in [-0.3, -0.25) is 11.3 Å². The van der Waals surface area contributed by atoms with E-state index in [2.05, 4.69) is 24.3 Å². The first kappa shape index (κ1) is 14.9. The molecule has 0 aliphatic heterocycles. The maximum Gasteiger partial charge on any atom is 0.212 e. The van der Waals surface area contributed by atoms with E-state index in [1.54, 1.807) is 7.11 Å². The van der Waals surface area contributed by atoms with Crippen LogP contribution in [0.2, 0.25) is 0 Å². The molecule has 18 heavy (non-hydrogen) atoms. The highest BCUT2D eigenvalue weighted by atomic mass is 16.5. The van der Waals surface area contributed by atoms with E-state index < -0.39 is 0 Å². The van der Waals surface area contributed by atoms with E-state index in [1.165, 1.54) is 18.4 Å². The molecule has 0 amide bonds. The highest BCUT2D eigenvalue weighted by Gasteiger charge is 2.12. The molecular formula is C14H25N3O. The molecule has 3 N–H and O–H groups in total. The minimum atomic E-state index is 0.307. The number of ether oxygens (including phenoxy) is 1. The Bertz CT molecular complexity index is 326. The molecule has 1 rings (SSSR count). The van der Waals surface area contributed by atoms with Gasteiger partial charge in [0.15, 0.2) is 0 Å². The third-order valence-corrected chi connectivity index (χ3v) is 3.19. The lowest BCUT2D eigenvalue weighted by molar-refractivity contribution is 0.383. The van der Waals surface area contributed by atoms with E-state index >= 15 is 0 Å². The summed E-state index contributed by atoms with van der Waals surface area (Å²) >= 11 is 0.